The van der Waals surface area contributed by atoms with Crippen molar-refractivity contribution in [2.45, 2.75) is 13.0 Å². The number of carbonyl (C=O) groups is 2. The molecule has 2 amide bonds. The Labute approximate surface area is 183 Å². The number of benzene rings is 2. The fraction of sp³-hybridized carbons (Fsp3) is 0.280. The minimum absolute atomic E-state index is 0.0212. The molecule has 6 heteroatoms. The van der Waals surface area contributed by atoms with E-state index in [9.17, 15) is 9.59 Å². The van der Waals surface area contributed by atoms with Crippen molar-refractivity contribution in [3.63, 3.8) is 0 Å². The molecule has 0 spiro atoms. The first-order chi connectivity index (χ1) is 15.2. The summed E-state index contributed by atoms with van der Waals surface area (Å²) < 4.78 is 10.6. The molecule has 0 bridgehead atoms. The molecule has 0 aliphatic rings. The number of nitrogens with zero attached hydrogens (tertiary/aromatic N) is 2. The summed E-state index contributed by atoms with van der Waals surface area (Å²) >= 11 is 0. The lowest BCUT2D eigenvalue weighted by atomic mass is 10.1. The van der Waals surface area contributed by atoms with E-state index in [0.717, 1.165) is 12.0 Å². The average molecular weight is 421 g/mol. The topological polar surface area (TPSA) is 63.0 Å². The van der Waals surface area contributed by atoms with Gasteiger partial charge in [0.2, 0.25) is 5.91 Å². The van der Waals surface area contributed by atoms with Crippen LogP contribution in [0.3, 0.4) is 0 Å². The molecule has 0 aliphatic carbocycles. The van der Waals surface area contributed by atoms with Crippen LogP contribution in [0.2, 0.25) is 0 Å². The van der Waals surface area contributed by atoms with Crippen molar-refractivity contribution in [1.29, 1.82) is 0 Å². The maximum atomic E-state index is 13.2. The van der Waals surface area contributed by atoms with Crippen molar-refractivity contribution < 1.29 is 18.7 Å². The Morgan fingerprint density at radius 1 is 0.871 bits per heavy atom. The summed E-state index contributed by atoms with van der Waals surface area (Å²) in [4.78, 5) is 29.5. The third kappa shape index (κ3) is 6.83. The second-order valence-corrected chi connectivity index (χ2v) is 7.22. The van der Waals surface area contributed by atoms with Gasteiger partial charge in [-0.15, -0.1) is 0 Å². The van der Waals surface area contributed by atoms with Gasteiger partial charge in [0.25, 0.3) is 5.91 Å². The van der Waals surface area contributed by atoms with Crippen LogP contribution in [0.15, 0.2) is 83.5 Å². The lowest BCUT2D eigenvalue weighted by Crippen LogP contribution is -2.44. The molecule has 0 N–H and O–H groups in total. The first-order valence-electron chi connectivity index (χ1n) is 10.3. The standard InChI is InChI=1S/C25H28N2O4/c1-30-18-16-27(25(29)22-11-6-3-7-12-22)20-24(28)26(19-23-13-8-17-31-23)15-14-21-9-4-2-5-10-21/h2-13,17H,14-16,18-20H2,1H3. The molecule has 3 aromatic rings. The SMILES string of the molecule is COCCN(CC(=O)N(CCc1ccccc1)Cc1ccco1)C(=O)c1ccccc1. The lowest BCUT2D eigenvalue weighted by Gasteiger charge is -2.27. The summed E-state index contributed by atoms with van der Waals surface area (Å²) in [5.74, 6) is 0.388. The molecular weight excluding hydrogens is 392 g/mol. The van der Waals surface area contributed by atoms with Crippen molar-refractivity contribution in [3.05, 3.63) is 95.9 Å². The summed E-state index contributed by atoms with van der Waals surface area (Å²) in [6, 6.07) is 22.7. The van der Waals surface area contributed by atoms with Gasteiger partial charge in [0.05, 0.1) is 19.4 Å². The van der Waals surface area contributed by atoms with Gasteiger partial charge in [-0.3, -0.25) is 9.59 Å². The highest BCUT2D eigenvalue weighted by molar-refractivity contribution is 5.96. The zero-order valence-corrected chi connectivity index (χ0v) is 17.8. The summed E-state index contributed by atoms with van der Waals surface area (Å²) in [6.45, 7) is 1.56. The third-order valence-corrected chi connectivity index (χ3v) is 4.99. The van der Waals surface area contributed by atoms with E-state index in [1.165, 1.54) is 0 Å². The number of hydrogen-bond donors (Lipinski definition) is 0. The van der Waals surface area contributed by atoms with Crippen LogP contribution in [0, 0.1) is 0 Å². The Kier molecular flexibility index (Phi) is 8.43. The minimum Gasteiger partial charge on any atom is -0.467 e. The molecule has 1 aromatic heterocycles. The van der Waals surface area contributed by atoms with Crippen molar-refractivity contribution >= 4 is 11.8 Å². The quantitative estimate of drug-likeness (QED) is 0.475. The highest BCUT2D eigenvalue weighted by Gasteiger charge is 2.23. The van der Waals surface area contributed by atoms with Gasteiger partial charge in [0, 0.05) is 25.8 Å². The maximum Gasteiger partial charge on any atom is 0.254 e. The molecule has 2 aromatic carbocycles. The Balaban J connectivity index is 1.72. The van der Waals surface area contributed by atoms with Crippen molar-refractivity contribution in [3.8, 4) is 0 Å². The Morgan fingerprint density at radius 3 is 2.23 bits per heavy atom. The van der Waals surface area contributed by atoms with Crippen molar-refractivity contribution in [2.75, 3.05) is 33.4 Å². The summed E-state index contributed by atoms with van der Waals surface area (Å²) in [7, 11) is 1.58. The van der Waals surface area contributed by atoms with E-state index in [2.05, 4.69) is 0 Å². The molecule has 3 rings (SSSR count). The fourth-order valence-corrected chi connectivity index (χ4v) is 3.27. The summed E-state index contributed by atoms with van der Waals surface area (Å²) in [5.41, 5.74) is 1.70. The molecular formula is C25H28N2O4. The first-order valence-corrected chi connectivity index (χ1v) is 10.3. The van der Waals surface area contributed by atoms with Crippen molar-refractivity contribution in [2.24, 2.45) is 0 Å². The van der Waals surface area contributed by atoms with E-state index in [1.807, 2.05) is 54.6 Å². The first kappa shape index (κ1) is 22.3. The number of furan rings is 1. The van der Waals surface area contributed by atoms with E-state index in [1.54, 1.807) is 41.4 Å². The van der Waals surface area contributed by atoms with Crippen LogP contribution in [0.1, 0.15) is 21.7 Å². The Bertz CT molecular complexity index is 927. The van der Waals surface area contributed by atoms with E-state index >= 15 is 0 Å². The fourth-order valence-electron chi connectivity index (χ4n) is 3.27. The van der Waals surface area contributed by atoms with Gasteiger partial charge in [-0.1, -0.05) is 48.5 Å². The number of rotatable bonds is 11. The van der Waals surface area contributed by atoms with E-state index < -0.39 is 0 Å². The molecule has 0 radical (unpaired) electrons. The zero-order chi connectivity index (χ0) is 21.9. The second-order valence-electron chi connectivity index (χ2n) is 7.22. The monoisotopic (exact) mass is 420 g/mol. The Morgan fingerprint density at radius 2 is 1.58 bits per heavy atom. The van der Waals surface area contributed by atoms with Crippen LogP contribution in [0.5, 0.6) is 0 Å². The van der Waals surface area contributed by atoms with Gasteiger partial charge < -0.3 is 19.0 Å². The number of ether oxygens (including phenoxy) is 1. The smallest absolute Gasteiger partial charge is 0.254 e. The lowest BCUT2D eigenvalue weighted by molar-refractivity contribution is -0.132. The van der Waals surface area contributed by atoms with Crippen LogP contribution < -0.4 is 0 Å². The van der Waals surface area contributed by atoms with Gasteiger partial charge in [0.15, 0.2) is 0 Å². The molecule has 0 fully saturated rings. The Hall–Kier alpha value is -3.38. The van der Waals surface area contributed by atoms with Gasteiger partial charge >= 0.3 is 0 Å². The number of amides is 2. The largest absolute Gasteiger partial charge is 0.467 e. The predicted molar refractivity (Wildman–Crippen MR) is 118 cm³/mol. The summed E-state index contributed by atoms with van der Waals surface area (Å²) in [5, 5.41) is 0. The van der Waals surface area contributed by atoms with Crippen LogP contribution in [-0.4, -0.2) is 55.0 Å². The van der Waals surface area contributed by atoms with E-state index in [0.29, 0.717) is 37.6 Å². The van der Waals surface area contributed by atoms with Crippen LogP contribution in [0.4, 0.5) is 0 Å². The minimum atomic E-state index is -0.188. The number of methoxy groups -OCH3 is 1. The van der Waals surface area contributed by atoms with E-state index in [4.69, 9.17) is 9.15 Å². The van der Waals surface area contributed by atoms with Crippen molar-refractivity contribution in [1.82, 2.24) is 9.80 Å². The van der Waals surface area contributed by atoms with Gasteiger partial charge in [-0.05, 0) is 36.2 Å². The predicted octanol–water partition coefficient (Wildman–Crippen LogP) is 3.64. The number of carbonyl (C=O) groups excluding carboxylic acids is 2. The highest BCUT2D eigenvalue weighted by Crippen LogP contribution is 2.11. The molecule has 31 heavy (non-hydrogen) atoms. The average Bonchev–Trinajstić information content (AvgIpc) is 3.33. The maximum absolute atomic E-state index is 13.2. The molecule has 0 saturated carbocycles. The van der Waals surface area contributed by atoms with Gasteiger partial charge in [-0.2, -0.15) is 0 Å². The molecule has 0 atom stereocenters. The molecule has 0 saturated heterocycles. The van der Waals surface area contributed by atoms with Gasteiger partial charge in [0.1, 0.15) is 12.3 Å². The van der Waals surface area contributed by atoms with Crippen LogP contribution in [-0.2, 0) is 22.5 Å². The van der Waals surface area contributed by atoms with E-state index in [-0.39, 0.29) is 18.4 Å². The normalized spacial score (nSPS) is 10.6. The highest BCUT2D eigenvalue weighted by atomic mass is 16.5. The third-order valence-electron chi connectivity index (χ3n) is 4.99. The van der Waals surface area contributed by atoms with Crippen LogP contribution in [0.25, 0.3) is 0 Å². The van der Waals surface area contributed by atoms with Gasteiger partial charge in [-0.25, -0.2) is 0 Å². The second kappa shape index (κ2) is 11.7. The summed E-state index contributed by atoms with van der Waals surface area (Å²) in [6.07, 6.45) is 2.32. The molecule has 162 valence electrons. The van der Waals surface area contributed by atoms with Crippen LogP contribution >= 0.6 is 0 Å². The molecule has 6 nitrogen and oxygen atoms in total. The zero-order valence-electron chi connectivity index (χ0n) is 17.8. The molecule has 1 heterocycles. The molecule has 0 unspecified atom stereocenters. The number of hydrogen-bond acceptors (Lipinski definition) is 4. The molecule has 0 aliphatic heterocycles.